The van der Waals surface area contributed by atoms with Crippen LogP contribution in [0.5, 0.6) is 17.2 Å². The predicted molar refractivity (Wildman–Crippen MR) is 115 cm³/mol. The van der Waals surface area contributed by atoms with Gasteiger partial charge in [-0.15, -0.1) is 0 Å². The first-order chi connectivity index (χ1) is 14.9. The molecule has 3 rings (SSSR count). The Labute approximate surface area is 180 Å². The number of hydrogen-bond acceptors (Lipinski definition) is 7. The molecule has 3 aromatic rings. The Hall–Kier alpha value is -3.85. The van der Waals surface area contributed by atoms with Gasteiger partial charge in [-0.2, -0.15) is 13.5 Å². The standard InChI is InChI=1S/C22H20N2O6S/c1-28-18-11-9-17(10-12-18)22(25)30-20-13-8-16(14-21(20)29-2)15-23-24-31(26,27)19-6-4-3-5-7-19/h3-15,24H,1-2H3. The minimum Gasteiger partial charge on any atom is -0.497 e. The fourth-order valence-corrected chi connectivity index (χ4v) is 3.37. The minimum absolute atomic E-state index is 0.102. The molecule has 0 aliphatic carbocycles. The Morgan fingerprint density at radius 3 is 2.26 bits per heavy atom. The lowest BCUT2D eigenvalue weighted by Crippen LogP contribution is -2.18. The molecule has 0 atom stereocenters. The molecular weight excluding hydrogens is 420 g/mol. The topological polar surface area (TPSA) is 103 Å². The lowest BCUT2D eigenvalue weighted by molar-refractivity contribution is 0.0729. The second-order valence-electron chi connectivity index (χ2n) is 6.19. The van der Waals surface area contributed by atoms with Crippen LogP contribution in [0.3, 0.4) is 0 Å². The fraction of sp³-hybridized carbons (Fsp3) is 0.0909. The van der Waals surface area contributed by atoms with E-state index in [0.29, 0.717) is 16.9 Å². The van der Waals surface area contributed by atoms with Crippen LogP contribution >= 0.6 is 0 Å². The van der Waals surface area contributed by atoms with E-state index in [-0.39, 0.29) is 16.4 Å². The zero-order chi connectivity index (χ0) is 22.3. The summed E-state index contributed by atoms with van der Waals surface area (Å²) in [5.41, 5.74) is 0.890. The van der Waals surface area contributed by atoms with Gasteiger partial charge in [-0.05, 0) is 60.2 Å². The van der Waals surface area contributed by atoms with E-state index >= 15 is 0 Å². The second-order valence-corrected chi connectivity index (χ2v) is 7.86. The summed E-state index contributed by atoms with van der Waals surface area (Å²) in [6.07, 6.45) is 1.32. The number of nitrogens with zero attached hydrogens (tertiary/aromatic N) is 1. The average Bonchev–Trinajstić information content (AvgIpc) is 2.80. The zero-order valence-corrected chi connectivity index (χ0v) is 17.6. The highest BCUT2D eigenvalue weighted by Gasteiger charge is 2.14. The lowest BCUT2D eigenvalue weighted by atomic mass is 10.2. The largest absolute Gasteiger partial charge is 0.497 e. The van der Waals surface area contributed by atoms with Crippen LogP contribution in [0.2, 0.25) is 0 Å². The molecule has 0 bridgehead atoms. The maximum absolute atomic E-state index is 12.4. The van der Waals surface area contributed by atoms with E-state index in [1.54, 1.807) is 54.6 Å². The molecule has 31 heavy (non-hydrogen) atoms. The molecule has 0 saturated heterocycles. The third-order valence-corrected chi connectivity index (χ3v) is 5.39. The SMILES string of the molecule is COc1ccc(C(=O)Oc2ccc(C=NNS(=O)(=O)c3ccccc3)cc2OC)cc1. The van der Waals surface area contributed by atoms with Crippen molar-refractivity contribution in [2.45, 2.75) is 4.90 Å². The van der Waals surface area contributed by atoms with Crippen molar-refractivity contribution < 1.29 is 27.4 Å². The highest BCUT2D eigenvalue weighted by molar-refractivity contribution is 7.89. The summed E-state index contributed by atoms with van der Waals surface area (Å²) in [5.74, 6) is 0.570. The third-order valence-electron chi connectivity index (χ3n) is 4.16. The minimum atomic E-state index is -3.76. The summed E-state index contributed by atoms with van der Waals surface area (Å²) in [4.78, 5) is 14.6. The molecule has 0 fully saturated rings. The van der Waals surface area contributed by atoms with Crippen LogP contribution in [0.4, 0.5) is 0 Å². The van der Waals surface area contributed by atoms with Crippen molar-refractivity contribution in [3.63, 3.8) is 0 Å². The summed E-state index contributed by atoms with van der Waals surface area (Å²) >= 11 is 0. The maximum atomic E-state index is 12.4. The first kappa shape index (κ1) is 21.8. The first-order valence-electron chi connectivity index (χ1n) is 9.07. The van der Waals surface area contributed by atoms with Gasteiger partial charge in [0.2, 0.25) is 0 Å². The van der Waals surface area contributed by atoms with E-state index < -0.39 is 16.0 Å². The molecule has 0 unspecified atom stereocenters. The van der Waals surface area contributed by atoms with Crippen molar-refractivity contribution in [1.29, 1.82) is 0 Å². The fourth-order valence-electron chi connectivity index (χ4n) is 2.56. The highest BCUT2D eigenvalue weighted by atomic mass is 32.2. The molecule has 0 aliphatic heterocycles. The van der Waals surface area contributed by atoms with Gasteiger partial charge in [-0.1, -0.05) is 18.2 Å². The number of hydrogen-bond donors (Lipinski definition) is 1. The second kappa shape index (κ2) is 9.77. The van der Waals surface area contributed by atoms with Gasteiger partial charge in [0, 0.05) is 0 Å². The smallest absolute Gasteiger partial charge is 0.343 e. The Bertz CT molecular complexity index is 1180. The summed E-state index contributed by atoms with van der Waals surface area (Å²) in [6.45, 7) is 0. The Balaban J connectivity index is 1.70. The van der Waals surface area contributed by atoms with E-state index in [0.717, 1.165) is 0 Å². The van der Waals surface area contributed by atoms with Gasteiger partial charge in [0.15, 0.2) is 11.5 Å². The number of benzene rings is 3. The van der Waals surface area contributed by atoms with Crippen molar-refractivity contribution in [1.82, 2.24) is 4.83 Å². The molecule has 0 saturated carbocycles. The summed E-state index contributed by atoms with van der Waals surface area (Å²) in [7, 11) is -0.796. The van der Waals surface area contributed by atoms with Gasteiger partial charge in [0.25, 0.3) is 10.0 Å². The average molecular weight is 440 g/mol. The summed E-state index contributed by atoms with van der Waals surface area (Å²) in [6, 6.07) is 19.1. The molecule has 0 spiro atoms. The number of rotatable bonds is 8. The van der Waals surface area contributed by atoms with Crippen molar-refractivity contribution >= 4 is 22.2 Å². The number of sulfonamides is 1. The predicted octanol–water partition coefficient (Wildman–Crippen LogP) is 3.24. The number of methoxy groups -OCH3 is 2. The number of ether oxygens (including phenoxy) is 3. The monoisotopic (exact) mass is 440 g/mol. The maximum Gasteiger partial charge on any atom is 0.343 e. The van der Waals surface area contributed by atoms with Gasteiger partial charge in [0.1, 0.15) is 5.75 Å². The molecule has 8 nitrogen and oxygen atoms in total. The van der Waals surface area contributed by atoms with E-state index in [2.05, 4.69) is 9.93 Å². The molecule has 0 aliphatic rings. The van der Waals surface area contributed by atoms with Crippen molar-refractivity contribution in [3.8, 4) is 17.2 Å². The molecule has 0 radical (unpaired) electrons. The van der Waals surface area contributed by atoms with Crippen LogP contribution in [0.15, 0.2) is 82.8 Å². The van der Waals surface area contributed by atoms with Gasteiger partial charge < -0.3 is 14.2 Å². The summed E-state index contributed by atoms with van der Waals surface area (Å²) in [5, 5.41) is 3.78. The number of carbonyl (C=O) groups excluding carboxylic acids is 1. The molecule has 0 amide bonds. The van der Waals surface area contributed by atoms with Crippen molar-refractivity contribution in [2.24, 2.45) is 5.10 Å². The first-order valence-corrected chi connectivity index (χ1v) is 10.6. The summed E-state index contributed by atoms with van der Waals surface area (Å²) < 4.78 is 40.1. The van der Waals surface area contributed by atoms with Crippen LogP contribution in [0.1, 0.15) is 15.9 Å². The number of carbonyl (C=O) groups is 1. The third kappa shape index (κ3) is 5.61. The molecule has 0 heterocycles. The zero-order valence-electron chi connectivity index (χ0n) is 16.8. The number of esters is 1. The lowest BCUT2D eigenvalue weighted by Gasteiger charge is -2.10. The normalized spacial score (nSPS) is 11.2. The Kier molecular flexibility index (Phi) is 6.88. The van der Waals surface area contributed by atoms with Crippen LogP contribution in [-0.2, 0) is 10.0 Å². The van der Waals surface area contributed by atoms with Crippen molar-refractivity contribution in [3.05, 3.63) is 83.9 Å². The highest BCUT2D eigenvalue weighted by Crippen LogP contribution is 2.28. The van der Waals surface area contributed by atoms with Crippen LogP contribution in [0.25, 0.3) is 0 Å². The molecule has 1 N–H and O–H groups in total. The van der Waals surface area contributed by atoms with E-state index in [4.69, 9.17) is 14.2 Å². The molecule has 9 heteroatoms. The number of hydrazone groups is 1. The van der Waals surface area contributed by atoms with Gasteiger partial charge in [-0.25, -0.2) is 9.63 Å². The van der Waals surface area contributed by atoms with E-state index in [9.17, 15) is 13.2 Å². The van der Waals surface area contributed by atoms with Crippen molar-refractivity contribution in [2.75, 3.05) is 14.2 Å². The Morgan fingerprint density at radius 2 is 1.61 bits per heavy atom. The molecule has 3 aromatic carbocycles. The molecule has 160 valence electrons. The number of nitrogens with one attached hydrogen (secondary N) is 1. The van der Waals surface area contributed by atoms with Gasteiger partial charge in [0.05, 0.1) is 30.9 Å². The molecule has 0 aromatic heterocycles. The van der Waals surface area contributed by atoms with Gasteiger partial charge in [-0.3, -0.25) is 0 Å². The van der Waals surface area contributed by atoms with Crippen LogP contribution in [0, 0.1) is 0 Å². The van der Waals surface area contributed by atoms with Crippen LogP contribution in [-0.4, -0.2) is 34.8 Å². The van der Waals surface area contributed by atoms with Crippen LogP contribution < -0.4 is 19.0 Å². The molecular formula is C22H20N2O6S. The van der Waals surface area contributed by atoms with E-state index in [1.165, 1.54) is 38.6 Å². The Morgan fingerprint density at radius 1 is 0.903 bits per heavy atom. The quantitative estimate of drug-likeness (QED) is 0.250. The van der Waals surface area contributed by atoms with Gasteiger partial charge >= 0.3 is 5.97 Å². The van der Waals surface area contributed by atoms with E-state index in [1.807, 2.05) is 0 Å².